The monoisotopic (exact) mass is 330 g/mol. The molecule has 0 radical (unpaired) electrons. The zero-order valence-corrected chi connectivity index (χ0v) is 13.3. The summed E-state index contributed by atoms with van der Waals surface area (Å²) < 4.78 is 0. The second-order valence-corrected chi connectivity index (χ2v) is 7.02. The first kappa shape index (κ1) is 13.1. The number of aromatic nitrogens is 3. The van der Waals surface area contributed by atoms with Crippen molar-refractivity contribution in [1.29, 1.82) is 0 Å². The number of hydrogen-bond donors (Lipinski definition) is 0. The summed E-state index contributed by atoms with van der Waals surface area (Å²) in [6.07, 6.45) is 0. The van der Waals surface area contributed by atoms with Crippen LogP contribution in [-0.2, 0) is 0 Å². The quantitative estimate of drug-likeness (QED) is 0.732. The molecule has 0 unspecified atom stereocenters. The molecule has 4 nitrogen and oxygen atoms in total. The molecule has 0 spiro atoms. The second kappa shape index (κ2) is 5.67. The fraction of sp³-hybridized carbons (Fsp3) is 0.143. The Morgan fingerprint density at radius 1 is 0.952 bits per heavy atom. The minimum Gasteiger partial charge on any atom is -0.275 e. The lowest BCUT2D eigenvalue weighted by Gasteiger charge is -1.99. The maximum absolute atomic E-state index is 4.67. The van der Waals surface area contributed by atoms with Crippen LogP contribution >= 0.6 is 34.4 Å². The van der Waals surface area contributed by atoms with Gasteiger partial charge in [-0.25, -0.2) is 15.0 Å². The lowest BCUT2D eigenvalue weighted by atomic mass is 10.2. The highest BCUT2D eigenvalue weighted by molar-refractivity contribution is 8.14. The predicted molar refractivity (Wildman–Crippen MR) is 90.3 cm³/mol. The molecule has 0 saturated heterocycles. The third-order valence-corrected chi connectivity index (χ3v) is 5.42. The van der Waals surface area contributed by atoms with E-state index in [1.165, 1.54) is 0 Å². The molecule has 0 amide bonds. The molecule has 0 fully saturated rings. The van der Waals surface area contributed by atoms with E-state index in [2.05, 4.69) is 25.3 Å². The van der Waals surface area contributed by atoms with Crippen LogP contribution in [0.4, 0.5) is 0 Å². The number of hydrogen-bond acceptors (Lipinski definition) is 7. The van der Waals surface area contributed by atoms with Crippen molar-refractivity contribution in [3.63, 3.8) is 0 Å². The van der Waals surface area contributed by atoms with Crippen LogP contribution in [0.2, 0.25) is 0 Å². The first-order chi connectivity index (χ1) is 10.4. The third kappa shape index (κ3) is 2.64. The van der Waals surface area contributed by atoms with Gasteiger partial charge in [-0.1, -0.05) is 6.07 Å². The number of nitrogens with zero attached hydrogens (tertiary/aromatic N) is 4. The van der Waals surface area contributed by atoms with E-state index in [9.17, 15) is 0 Å². The molecule has 1 aliphatic heterocycles. The fourth-order valence-electron chi connectivity index (χ4n) is 2.02. The van der Waals surface area contributed by atoms with E-state index in [0.29, 0.717) is 0 Å². The van der Waals surface area contributed by atoms with Crippen molar-refractivity contribution < 1.29 is 0 Å². The number of thioether (sulfide) groups is 1. The van der Waals surface area contributed by atoms with E-state index in [0.717, 1.165) is 45.1 Å². The summed E-state index contributed by atoms with van der Waals surface area (Å²) in [6.45, 7) is 0.893. The Morgan fingerprint density at radius 3 is 2.71 bits per heavy atom. The lowest BCUT2D eigenvalue weighted by molar-refractivity contribution is 1.17. The Kier molecular flexibility index (Phi) is 3.54. The van der Waals surface area contributed by atoms with E-state index in [1.54, 1.807) is 34.4 Å². The topological polar surface area (TPSA) is 51.0 Å². The SMILES string of the molecule is c1cc(-c2cscn2)nc(-c2nc(C3=NCCS3)cs2)c1. The van der Waals surface area contributed by atoms with Crippen molar-refractivity contribution in [2.45, 2.75) is 0 Å². The molecule has 0 atom stereocenters. The standard InChI is InChI=1S/C14H10N4S3/c1-2-9(11-6-19-8-16-11)17-10(3-1)14-18-12(7-21-14)13-15-4-5-20-13/h1-3,6-8H,4-5H2. The van der Waals surface area contributed by atoms with Crippen LogP contribution in [0.25, 0.3) is 22.1 Å². The summed E-state index contributed by atoms with van der Waals surface area (Å²) in [7, 11) is 0. The zero-order valence-electron chi connectivity index (χ0n) is 10.9. The molecule has 104 valence electrons. The van der Waals surface area contributed by atoms with Gasteiger partial charge in [-0.05, 0) is 12.1 Å². The number of thiazole rings is 2. The number of aliphatic imine (C=N–C) groups is 1. The molecule has 3 aromatic heterocycles. The van der Waals surface area contributed by atoms with E-state index in [4.69, 9.17) is 0 Å². The van der Waals surface area contributed by atoms with Crippen LogP contribution in [0.15, 0.2) is 39.5 Å². The fourth-order valence-corrected chi connectivity index (χ4v) is 4.22. The second-order valence-electron chi connectivity index (χ2n) is 4.35. The Morgan fingerprint density at radius 2 is 1.90 bits per heavy atom. The van der Waals surface area contributed by atoms with E-state index in [1.807, 2.05) is 29.1 Å². The van der Waals surface area contributed by atoms with Crippen LogP contribution in [0, 0.1) is 0 Å². The van der Waals surface area contributed by atoms with Crippen molar-refractivity contribution in [1.82, 2.24) is 15.0 Å². The van der Waals surface area contributed by atoms with Gasteiger partial charge >= 0.3 is 0 Å². The van der Waals surface area contributed by atoms with Crippen molar-refractivity contribution in [2.24, 2.45) is 4.99 Å². The van der Waals surface area contributed by atoms with E-state index >= 15 is 0 Å². The maximum Gasteiger partial charge on any atom is 0.142 e. The highest BCUT2D eigenvalue weighted by Gasteiger charge is 2.15. The summed E-state index contributed by atoms with van der Waals surface area (Å²) >= 11 is 4.95. The normalized spacial score (nSPS) is 14.4. The Balaban J connectivity index is 1.69. The summed E-state index contributed by atoms with van der Waals surface area (Å²) in [5.41, 5.74) is 5.48. The van der Waals surface area contributed by atoms with Crippen LogP contribution < -0.4 is 0 Å². The van der Waals surface area contributed by atoms with Gasteiger partial charge in [0.2, 0.25) is 0 Å². The van der Waals surface area contributed by atoms with Crippen molar-refractivity contribution in [3.05, 3.63) is 40.2 Å². The highest BCUT2D eigenvalue weighted by atomic mass is 32.2. The van der Waals surface area contributed by atoms with Gasteiger partial charge in [0, 0.05) is 23.1 Å². The van der Waals surface area contributed by atoms with Gasteiger partial charge in [-0.2, -0.15) is 0 Å². The van der Waals surface area contributed by atoms with E-state index in [-0.39, 0.29) is 0 Å². The summed E-state index contributed by atoms with van der Waals surface area (Å²) in [5.74, 6) is 1.06. The van der Waals surface area contributed by atoms with Gasteiger partial charge in [0.25, 0.3) is 0 Å². The van der Waals surface area contributed by atoms with Crippen molar-refractivity contribution in [2.75, 3.05) is 12.3 Å². The highest BCUT2D eigenvalue weighted by Crippen LogP contribution is 2.27. The average molecular weight is 330 g/mol. The molecule has 4 heterocycles. The molecule has 4 rings (SSSR count). The molecule has 1 aliphatic rings. The predicted octanol–water partition coefficient (Wildman–Crippen LogP) is 3.82. The van der Waals surface area contributed by atoms with Crippen molar-refractivity contribution >= 4 is 39.5 Å². The summed E-state index contributed by atoms with van der Waals surface area (Å²) in [4.78, 5) is 18.1. The van der Waals surface area contributed by atoms with Gasteiger partial charge in [0.15, 0.2) is 0 Å². The smallest absolute Gasteiger partial charge is 0.142 e. The maximum atomic E-state index is 4.67. The minimum absolute atomic E-state index is 0.887. The Labute approximate surface area is 134 Å². The first-order valence-corrected chi connectivity index (χ1v) is 9.20. The average Bonchev–Trinajstić information content (AvgIpc) is 3.26. The largest absolute Gasteiger partial charge is 0.275 e. The molecule has 21 heavy (non-hydrogen) atoms. The van der Waals surface area contributed by atoms with Gasteiger partial charge in [-0.3, -0.25) is 4.99 Å². The van der Waals surface area contributed by atoms with Crippen LogP contribution in [-0.4, -0.2) is 32.3 Å². The lowest BCUT2D eigenvalue weighted by Crippen LogP contribution is -1.92. The summed E-state index contributed by atoms with van der Waals surface area (Å²) in [5, 5.41) is 6.04. The third-order valence-electron chi connectivity index (χ3n) is 2.97. The van der Waals surface area contributed by atoms with Gasteiger partial charge < -0.3 is 0 Å². The Hall–Kier alpha value is -1.57. The number of pyridine rings is 1. The van der Waals surface area contributed by atoms with Crippen LogP contribution in [0.1, 0.15) is 5.69 Å². The number of rotatable bonds is 3. The zero-order chi connectivity index (χ0) is 14.1. The Bertz CT molecular complexity index is 792. The molecule has 3 aromatic rings. The van der Waals surface area contributed by atoms with Crippen LogP contribution in [0.3, 0.4) is 0 Å². The van der Waals surface area contributed by atoms with Gasteiger partial charge in [-0.15, -0.1) is 34.4 Å². The first-order valence-electron chi connectivity index (χ1n) is 6.39. The van der Waals surface area contributed by atoms with Gasteiger partial charge in [0.05, 0.1) is 22.6 Å². The molecular formula is C14H10N4S3. The van der Waals surface area contributed by atoms with E-state index < -0.39 is 0 Å². The molecule has 0 N–H and O–H groups in total. The summed E-state index contributed by atoms with van der Waals surface area (Å²) in [6, 6.07) is 5.96. The molecule has 7 heteroatoms. The molecule has 0 saturated carbocycles. The molecule has 0 aromatic carbocycles. The molecule has 0 bridgehead atoms. The minimum atomic E-state index is 0.887. The molecule has 0 aliphatic carbocycles. The molecular weight excluding hydrogens is 320 g/mol. The van der Waals surface area contributed by atoms with Crippen LogP contribution in [0.5, 0.6) is 0 Å². The van der Waals surface area contributed by atoms with Gasteiger partial charge in [0.1, 0.15) is 15.7 Å². The van der Waals surface area contributed by atoms with Crippen molar-refractivity contribution in [3.8, 4) is 22.1 Å².